The molecule has 2 unspecified atom stereocenters. The highest BCUT2D eigenvalue weighted by atomic mass is 16.5. The maximum atomic E-state index is 13.6. The van der Waals surface area contributed by atoms with Crippen LogP contribution in [-0.2, 0) is 16.0 Å². The standard InChI is InChI=1S/C25H30N2O5/c1-4-32-13-7-11-26-24(28)22-18-14-20(30-2)21(31-3)15-19(18)25(29)27-12-10-16-8-5-6-9-17(16)23(22)27/h5-6,8-9,14-15,22-23H,4,7,10-13H2,1-3H3,(H,26,28). The zero-order valence-corrected chi connectivity index (χ0v) is 18.8. The van der Waals surface area contributed by atoms with Crippen LogP contribution >= 0.6 is 0 Å². The van der Waals surface area contributed by atoms with Crippen molar-refractivity contribution in [1.29, 1.82) is 0 Å². The maximum absolute atomic E-state index is 13.6. The molecule has 0 saturated carbocycles. The Bertz CT molecular complexity index is 1010. The Hall–Kier alpha value is -3.06. The number of hydrogen-bond acceptors (Lipinski definition) is 5. The molecule has 0 radical (unpaired) electrons. The lowest BCUT2D eigenvalue weighted by Crippen LogP contribution is -2.50. The summed E-state index contributed by atoms with van der Waals surface area (Å²) < 4.78 is 16.3. The monoisotopic (exact) mass is 438 g/mol. The zero-order valence-electron chi connectivity index (χ0n) is 18.8. The van der Waals surface area contributed by atoms with E-state index in [2.05, 4.69) is 11.4 Å². The predicted molar refractivity (Wildman–Crippen MR) is 120 cm³/mol. The summed E-state index contributed by atoms with van der Waals surface area (Å²) in [6.45, 7) is 4.29. The first-order valence-electron chi connectivity index (χ1n) is 11.1. The summed E-state index contributed by atoms with van der Waals surface area (Å²) in [6.07, 6.45) is 1.50. The van der Waals surface area contributed by atoms with Gasteiger partial charge in [0.15, 0.2) is 11.5 Å². The molecule has 1 N–H and O–H groups in total. The van der Waals surface area contributed by atoms with E-state index in [0.29, 0.717) is 48.9 Å². The van der Waals surface area contributed by atoms with Gasteiger partial charge in [-0.25, -0.2) is 0 Å². The number of carbonyl (C=O) groups is 2. The van der Waals surface area contributed by atoms with Crippen molar-refractivity contribution in [3.63, 3.8) is 0 Å². The summed E-state index contributed by atoms with van der Waals surface area (Å²) in [5, 5.41) is 3.07. The lowest BCUT2D eigenvalue weighted by atomic mass is 9.75. The number of fused-ring (bicyclic) bond motifs is 4. The topological polar surface area (TPSA) is 77.1 Å². The van der Waals surface area contributed by atoms with Crippen LogP contribution in [0.2, 0.25) is 0 Å². The van der Waals surface area contributed by atoms with Crippen LogP contribution in [0.25, 0.3) is 0 Å². The fraction of sp³-hybridized carbons (Fsp3) is 0.440. The lowest BCUT2D eigenvalue weighted by molar-refractivity contribution is -0.124. The van der Waals surface area contributed by atoms with Crippen molar-refractivity contribution in [1.82, 2.24) is 10.2 Å². The molecule has 2 aliphatic rings. The third-order valence-corrected chi connectivity index (χ3v) is 6.28. The SMILES string of the molecule is CCOCCCNC(=O)C1c2cc(OC)c(OC)cc2C(=O)N2CCc3ccccc3C12. The Kier molecular flexibility index (Phi) is 6.65. The number of amides is 2. The number of nitrogens with zero attached hydrogens (tertiary/aromatic N) is 1. The average molecular weight is 439 g/mol. The summed E-state index contributed by atoms with van der Waals surface area (Å²) in [7, 11) is 3.10. The number of hydrogen-bond donors (Lipinski definition) is 1. The molecule has 0 spiro atoms. The van der Waals surface area contributed by atoms with Crippen molar-refractivity contribution in [3.05, 3.63) is 58.7 Å². The molecule has 2 amide bonds. The van der Waals surface area contributed by atoms with Gasteiger partial charge < -0.3 is 24.4 Å². The molecule has 32 heavy (non-hydrogen) atoms. The molecule has 2 aromatic rings. The van der Waals surface area contributed by atoms with Crippen LogP contribution in [0.3, 0.4) is 0 Å². The molecule has 7 nitrogen and oxygen atoms in total. The number of rotatable bonds is 8. The first kappa shape index (κ1) is 22.1. The Labute approximate surface area is 188 Å². The molecular weight excluding hydrogens is 408 g/mol. The third kappa shape index (κ3) is 3.93. The van der Waals surface area contributed by atoms with Gasteiger partial charge >= 0.3 is 0 Å². The molecule has 170 valence electrons. The second kappa shape index (κ2) is 9.61. The number of nitrogens with one attached hydrogen (secondary N) is 1. The molecule has 2 atom stereocenters. The number of benzene rings is 2. The highest BCUT2D eigenvalue weighted by Gasteiger charge is 2.46. The van der Waals surface area contributed by atoms with E-state index in [4.69, 9.17) is 14.2 Å². The van der Waals surface area contributed by atoms with E-state index in [9.17, 15) is 9.59 Å². The van der Waals surface area contributed by atoms with Gasteiger partial charge in [0.05, 0.1) is 26.2 Å². The van der Waals surface area contributed by atoms with Gasteiger partial charge in [-0.1, -0.05) is 24.3 Å². The Morgan fingerprint density at radius 3 is 2.62 bits per heavy atom. The van der Waals surface area contributed by atoms with Gasteiger partial charge in [-0.2, -0.15) is 0 Å². The van der Waals surface area contributed by atoms with E-state index in [-0.39, 0.29) is 17.9 Å². The van der Waals surface area contributed by atoms with Gasteiger partial charge in [0.2, 0.25) is 5.91 Å². The Balaban J connectivity index is 1.77. The smallest absolute Gasteiger partial charge is 0.254 e. The quantitative estimate of drug-likeness (QED) is 0.641. The van der Waals surface area contributed by atoms with E-state index in [1.807, 2.05) is 30.0 Å². The fourth-order valence-electron chi connectivity index (χ4n) is 4.77. The van der Waals surface area contributed by atoms with Crippen LogP contribution in [0.4, 0.5) is 0 Å². The van der Waals surface area contributed by atoms with Crippen LogP contribution in [-0.4, -0.2) is 57.2 Å². The van der Waals surface area contributed by atoms with Crippen LogP contribution in [0.5, 0.6) is 11.5 Å². The van der Waals surface area contributed by atoms with Crippen LogP contribution in [0.1, 0.15) is 52.4 Å². The Morgan fingerprint density at radius 1 is 1.12 bits per heavy atom. The van der Waals surface area contributed by atoms with Crippen LogP contribution in [0.15, 0.2) is 36.4 Å². The molecule has 2 heterocycles. The van der Waals surface area contributed by atoms with Gasteiger partial charge in [-0.15, -0.1) is 0 Å². The Morgan fingerprint density at radius 2 is 1.88 bits per heavy atom. The van der Waals surface area contributed by atoms with Crippen molar-refractivity contribution in [2.75, 3.05) is 40.5 Å². The van der Waals surface area contributed by atoms with Gasteiger partial charge in [-0.05, 0) is 48.6 Å². The second-order valence-corrected chi connectivity index (χ2v) is 8.01. The minimum atomic E-state index is -0.545. The molecule has 0 aromatic heterocycles. The summed E-state index contributed by atoms with van der Waals surface area (Å²) in [4.78, 5) is 28.9. The molecule has 4 rings (SSSR count). The molecule has 2 aliphatic heterocycles. The van der Waals surface area contributed by atoms with E-state index in [1.165, 1.54) is 5.56 Å². The zero-order chi connectivity index (χ0) is 22.7. The van der Waals surface area contributed by atoms with Crippen molar-refractivity contribution in [2.45, 2.75) is 31.7 Å². The van der Waals surface area contributed by atoms with Gasteiger partial charge in [0, 0.05) is 31.9 Å². The van der Waals surface area contributed by atoms with Crippen molar-refractivity contribution >= 4 is 11.8 Å². The molecule has 0 bridgehead atoms. The van der Waals surface area contributed by atoms with Crippen molar-refractivity contribution in [3.8, 4) is 11.5 Å². The minimum Gasteiger partial charge on any atom is -0.493 e. The summed E-state index contributed by atoms with van der Waals surface area (Å²) in [6, 6.07) is 11.2. The largest absolute Gasteiger partial charge is 0.493 e. The van der Waals surface area contributed by atoms with Crippen molar-refractivity contribution < 1.29 is 23.8 Å². The number of carbonyl (C=O) groups excluding carboxylic acids is 2. The normalized spacial score (nSPS) is 19.0. The summed E-state index contributed by atoms with van der Waals surface area (Å²) in [5.41, 5.74) is 3.38. The molecule has 0 fully saturated rings. The highest BCUT2D eigenvalue weighted by Crippen LogP contribution is 2.48. The predicted octanol–water partition coefficient (Wildman–Crippen LogP) is 3.08. The third-order valence-electron chi connectivity index (χ3n) is 6.28. The summed E-state index contributed by atoms with van der Waals surface area (Å²) >= 11 is 0. The van der Waals surface area contributed by atoms with E-state index in [0.717, 1.165) is 18.4 Å². The number of methoxy groups -OCH3 is 2. The van der Waals surface area contributed by atoms with Crippen LogP contribution < -0.4 is 14.8 Å². The van der Waals surface area contributed by atoms with Gasteiger partial charge in [0.1, 0.15) is 0 Å². The molecule has 2 aromatic carbocycles. The number of ether oxygens (including phenoxy) is 3. The maximum Gasteiger partial charge on any atom is 0.254 e. The lowest BCUT2D eigenvalue weighted by Gasteiger charge is -2.45. The average Bonchev–Trinajstić information content (AvgIpc) is 2.83. The van der Waals surface area contributed by atoms with Crippen molar-refractivity contribution in [2.24, 2.45) is 0 Å². The van der Waals surface area contributed by atoms with E-state index in [1.54, 1.807) is 26.4 Å². The molecule has 0 saturated heterocycles. The second-order valence-electron chi connectivity index (χ2n) is 8.01. The molecular formula is C25H30N2O5. The van der Waals surface area contributed by atoms with Gasteiger partial charge in [0.25, 0.3) is 5.91 Å². The first-order chi connectivity index (χ1) is 15.6. The molecule has 0 aliphatic carbocycles. The van der Waals surface area contributed by atoms with Gasteiger partial charge in [-0.3, -0.25) is 9.59 Å². The highest BCUT2D eigenvalue weighted by molar-refractivity contribution is 6.02. The first-order valence-corrected chi connectivity index (χ1v) is 11.1. The summed E-state index contributed by atoms with van der Waals surface area (Å²) in [5.74, 6) is 0.253. The molecule has 7 heteroatoms. The fourth-order valence-corrected chi connectivity index (χ4v) is 4.77. The van der Waals surface area contributed by atoms with E-state index < -0.39 is 5.92 Å². The minimum absolute atomic E-state index is 0.0825. The van der Waals surface area contributed by atoms with E-state index >= 15 is 0 Å². The van der Waals surface area contributed by atoms with Crippen LogP contribution in [0, 0.1) is 0 Å².